The van der Waals surface area contributed by atoms with Crippen LogP contribution >= 0.6 is 0 Å². The third-order valence-electron chi connectivity index (χ3n) is 2.53. The van der Waals surface area contributed by atoms with Crippen molar-refractivity contribution in [1.29, 1.82) is 0 Å². The van der Waals surface area contributed by atoms with Crippen LogP contribution in [0.25, 0.3) is 0 Å². The smallest absolute Gasteiger partial charge is 0.217 e. The van der Waals surface area contributed by atoms with Gasteiger partial charge in [0, 0.05) is 32.4 Å². The summed E-state index contributed by atoms with van der Waals surface area (Å²) in [7, 11) is -5.19. The van der Waals surface area contributed by atoms with Crippen LogP contribution in [-0.4, -0.2) is 64.6 Å². The fraction of sp³-hybridized carbons (Fsp3) is 1.00. The number of sulfone groups is 1. The molecule has 0 heterocycles. The molecule has 6 nitrogen and oxygen atoms in total. The Kier molecular flexibility index (Phi) is 6.77. The Morgan fingerprint density at radius 2 is 1.61 bits per heavy atom. The first-order valence-corrected chi connectivity index (χ1v) is 9.39. The third-order valence-corrected chi connectivity index (χ3v) is 5.69. The molecular weight excluding hydrogens is 276 g/mol. The topological polar surface area (TPSA) is 83.6 Å². The van der Waals surface area contributed by atoms with E-state index in [-0.39, 0.29) is 18.3 Å². The van der Waals surface area contributed by atoms with Gasteiger partial charge >= 0.3 is 0 Å². The van der Waals surface area contributed by atoms with Gasteiger partial charge in [-0.1, -0.05) is 13.8 Å². The average molecular weight is 300 g/mol. The van der Waals surface area contributed by atoms with Crippen molar-refractivity contribution in [1.82, 2.24) is 9.62 Å². The lowest BCUT2D eigenvalue weighted by molar-refractivity contribution is 0.466. The number of hydrogen-bond donors (Lipinski definition) is 1. The van der Waals surface area contributed by atoms with E-state index in [2.05, 4.69) is 5.32 Å². The molecule has 0 bridgehead atoms. The van der Waals surface area contributed by atoms with Crippen molar-refractivity contribution in [2.45, 2.75) is 32.1 Å². The fourth-order valence-electron chi connectivity index (χ4n) is 1.24. The van der Waals surface area contributed by atoms with Crippen LogP contribution in [0.4, 0.5) is 0 Å². The Morgan fingerprint density at radius 3 is 2.00 bits per heavy atom. The molecule has 0 saturated heterocycles. The van der Waals surface area contributed by atoms with Crippen LogP contribution in [-0.2, 0) is 19.9 Å². The molecule has 0 aromatic rings. The summed E-state index contributed by atoms with van der Waals surface area (Å²) < 4.78 is 47.2. The van der Waals surface area contributed by atoms with Crippen molar-refractivity contribution < 1.29 is 16.8 Å². The molecular formula is C10H24N2O4S2. The molecule has 0 aliphatic heterocycles. The van der Waals surface area contributed by atoms with E-state index in [9.17, 15) is 16.8 Å². The highest BCUT2D eigenvalue weighted by Gasteiger charge is 2.26. The number of sulfonamides is 1. The lowest BCUT2D eigenvalue weighted by Gasteiger charge is -2.22. The number of rotatable bonds is 8. The van der Waals surface area contributed by atoms with E-state index in [1.54, 1.807) is 6.92 Å². The van der Waals surface area contributed by atoms with E-state index >= 15 is 0 Å². The largest absolute Gasteiger partial charge is 0.313 e. The van der Waals surface area contributed by atoms with Crippen LogP contribution < -0.4 is 5.32 Å². The van der Waals surface area contributed by atoms with Gasteiger partial charge in [-0.2, -0.15) is 0 Å². The SMILES string of the molecule is CC(C)NCC(C)S(=O)(=O)N(C)CCS(C)(=O)=O. The van der Waals surface area contributed by atoms with E-state index in [4.69, 9.17) is 0 Å². The first kappa shape index (κ1) is 17.8. The van der Waals surface area contributed by atoms with E-state index in [0.29, 0.717) is 6.54 Å². The maximum Gasteiger partial charge on any atom is 0.217 e. The monoisotopic (exact) mass is 300 g/mol. The summed E-state index contributed by atoms with van der Waals surface area (Å²) in [4.78, 5) is 0. The van der Waals surface area contributed by atoms with Crippen molar-refractivity contribution >= 4 is 19.9 Å². The van der Waals surface area contributed by atoms with Gasteiger partial charge in [0.25, 0.3) is 0 Å². The molecule has 18 heavy (non-hydrogen) atoms. The second-order valence-corrected chi connectivity index (χ2v) is 9.59. The Labute approximate surface area is 111 Å². The number of nitrogens with zero attached hydrogens (tertiary/aromatic N) is 1. The second-order valence-electron chi connectivity index (χ2n) is 4.87. The molecule has 0 saturated carbocycles. The quantitative estimate of drug-likeness (QED) is 0.664. The van der Waals surface area contributed by atoms with Crippen LogP contribution in [0.1, 0.15) is 20.8 Å². The molecule has 0 fully saturated rings. The van der Waals surface area contributed by atoms with Crippen molar-refractivity contribution in [2.75, 3.05) is 32.1 Å². The van der Waals surface area contributed by atoms with E-state index < -0.39 is 25.1 Å². The first-order valence-electron chi connectivity index (χ1n) is 5.83. The minimum atomic E-state index is -3.45. The lowest BCUT2D eigenvalue weighted by atomic mass is 10.3. The summed E-state index contributed by atoms with van der Waals surface area (Å²) in [5.41, 5.74) is 0. The Bertz CT molecular complexity index is 442. The number of hydrogen-bond acceptors (Lipinski definition) is 5. The fourth-order valence-corrected chi connectivity index (χ4v) is 3.22. The predicted octanol–water partition coefficient (Wildman–Crippen LogP) is -0.321. The molecule has 0 radical (unpaired) electrons. The van der Waals surface area contributed by atoms with Crippen LogP contribution in [0.3, 0.4) is 0 Å². The summed E-state index contributed by atoms with van der Waals surface area (Å²) in [6.07, 6.45) is 1.09. The van der Waals surface area contributed by atoms with Crippen molar-refractivity contribution in [3.63, 3.8) is 0 Å². The van der Waals surface area contributed by atoms with Crippen molar-refractivity contribution in [3.05, 3.63) is 0 Å². The van der Waals surface area contributed by atoms with Gasteiger partial charge < -0.3 is 5.32 Å². The van der Waals surface area contributed by atoms with Crippen LogP contribution in [0.15, 0.2) is 0 Å². The third kappa shape index (κ3) is 6.67. The molecule has 0 aliphatic carbocycles. The highest BCUT2D eigenvalue weighted by Crippen LogP contribution is 2.06. The molecule has 1 unspecified atom stereocenters. The standard InChI is InChI=1S/C10H24N2O4S2/c1-9(2)11-8-10(3)18(15,16)12(4)6-7-17(5,13)14/h9-11H,6-8H2,1-5H3. The summed E-state index contributed by atoms with van der Waals surface area (Å²) >= 11 is 0. The van der Waals surface area contributed by atoms with Gasteiger partial charge in [-0.25, -0.2) is 21.1 Å². The predicted molar refractivity (Wildman–Crippen MR) is 73.9 cm³/mol. The molecule has 110 valence electrons. The van der Waals surface area contributed by atoms with Gasteiger partial charge in [-0.3, -0.25) is 0 Å². The van der Waals surface area contributed by atoms with Gasteiger partial charge in [0.2, 0.25) is 10.0 Å². The Balaban J connectivity index is 4.52. The van der Waals surface area contributed by atoms with E-state index in [1.807, 2.05) is 13.8 Å². The van der Waals surface area contributed by atoms with E-state index in [0.717, 1.165) is 10.6 Å². The minimum absolute atomic E-state index is 0.00676. The van der Waals surface area contributed by atoms with Crippen molar-refractivity contribution in [2.24, 2.45) is 0 Å². The average Bonchev–Trinajstić information content (AvgIpc) is 2.20. The molecule has 8 heteroatoms. The molecule has 0 rings (SSSR count). The minimum Gasteiger partial charge on any atom is -0.313 e. The zero-order chi connectivity index (χ0) is 14.6. The van der Waals surface area contributed by atoms with Gasteiger partial charge in [-0.15, -0.1) is 0 Å². The van der Waals surface area contributed by atoms with Gasteiger partial charge in [0.05, 0.1) is 11.0 Å². The number of nitrogens with one attached hydrogen (secondary N) is 1. The highest BCUT2D eigenvalue weighted by molar-refractivity contribution is 7.91. The molecule has 0 aromatic carbocycles. The molecule has 0 spiro atoms. The normalized spacial score (nSPS) is 15.3. The molecule has 1 N–H and O–H groups in total. The maximum absolute atomic E-state index is 12.1. The van der Waals surface area contributed by atoms with Crippen LogP contribution in [0, 0.1) is 0 Å². The van der Waals surface area contributed by atoms with Crippen molar-refractivity contribution in [3.8, 4) is 0 Å². The first-order chi connectivity index (χ1) is 7.97. The van der Waals surface area contributed by atoms with Crippen LogP contribution in [0.5, 0.6) is 0 Å². The molecule has 0 aromatic heterocycles. The van der Waals surface area contributed by atoms with Crippen LogP contribution in [0.2, 0.25) is 0 Å². The Morgan fingerprint density at radius 1 is 1.11 bits per heavy atom. The zero-order valence-corrected chi connectivity index (χ0v) is 13.3. The second kappa shape index (κ2) is 6.83. The molecule has 0 amide bonds. The van der Waals surface area contributed by atoms with Gasteiger partial charge in [-0.05, 0) is 6.92 Å². The lowest BCUT2D eigenvalue weighted by Crippen LogP contribution is -2.43. The maximum atomic E-state index is 12.1. The summed E-state index contributed by atoms with van der Waals surface area (Å²) in [6, 6.07) is 0.212. The highest BCUT2D eigenvalue weighted by atomic mass is 32.2. The van der Waals surface area contributed by atoms with E-state index in [1.165, 1.54) is 7.05 Å². The molecule has 1 atom stereocenters. The summed E-state index contributed by atoms with van der Waals surface area (Å²) in [6.45, 7) is 5.83. The summed E-state index contributed by atoms with van der Waals surface area (Å²) in [5.74, 6) is -0.160. The zero-order valence-electron chi connectivity index (χ0n) is 11.7. The molecule has 0 aliphatic rings. The van der Waals surface area contributed by atoms with Gasteiger partial charge in [0.1, 0.15) is 9.84 Å². The summed E-state index contributed by atoms with van der Waals surface area (Å²) in [5, 5.41) is 2.48. The Hall–Kier alpha value is -0.180. The van der Waals surface area contributed by atoms with Gasteiger partial charge in [0.15, 0.2) is 0 Å².